The predicted molar refractivity (Wildman–Crippen MR) is 89.8 cm³/mol. The molecule has 3 rings (SSSR count). The van der Waals surface area contributed by atoms with Gasteiger partial charge in [0.15, 0.2) is 0 Å². The maximum absolute atomic E-state index is 12.8. The van der Waals surface area contributed by atoms with E-state index in [2.05, 4.69) is 5.10 Å². The van der Waals surface area contributed by atoms with Gasteiger partial charge in [-0.25, -0.2) is 12.7 Å². The maximum atomic E-state index is 12.8. The summed E-state index contributed by atoms with van der Waals surface area (Å²) in [5.41, 5.74) is 1.96. The molecular weight excluding hydrogens is 326 g/mol. The van der Waals surface area contributed by atoms with Crippen molar-refractivity contribution in [2.75, 3.05) is 6.54 Å². The van der Waals surface area contributed by atoms with Gasteiger partial charge < -0.3 is 0 Å². The number of aromatic nitrogens is 2. The molecule has 0 radical (unpaired) electrons. The van der Waals surface area contributed by atoms with Crippen LogP contribution in [0.5, 0.6) is 0 Å². The Balaban J connectivity index is 1.81. The lowest BCUT2D eigenvalue weighted by atomic mass is 10.2. The highest BCUT2D eigenvalue weighted by atomic mass is 32.2. The molecule has 2 aromatic rings. The molecule has 24 heavy (non-hydrogen) atoms. The lowest BCUT2D eigenvalue weighted by Crippen LogP contribution is -2.38. The molecule has 1 aliphatic rings. The monoisotopic (exact) mass is 347 g/mol. The third-order valence-electron chi connectivity index (χ3n) is 4.40. The van der Waals surface area contributed by atoms with E-state index < -0.39 is 10.0 Å². The lowest BCUT2D eigenvalue weighted by Gasteiger charge is -2.21. The molecule has 0 saturated heterocycles. The second-order valence-electron chi connectivity index (χ2n) is 6.22. The highest BCUT2D eigenvalue weighted by Crippen LogP contribution is 2.48. The van der Waals surface area contributed by atoms with Crippen molar-refractivity contribution in [2.45, 2.75) is 31.1 Å². The van der Waals surface area contributed by atoms with Gasteiger partial charge in [-0.05, 0) is 43.9 Å². The first-order valence-corrected chi connectivity index (χ1v) is 9.40. The number of hydrogen-bond donors (Lipinski definition) is 0. The fourth-order valence-corrected chi connectivity index (χ4v) is 4.38. The number of hydrogen-bond acceptors (Lipinski definition) is 4. The predicted octanol–water partition coefficient (Wildman–Crippen LogP) is 2.07. The van der Waals surface area contributed by atoms with E-state index in [0.29, 0.717) is 6.42 Å². The number of benzene rings is 1. The van der Waals surface area contributed by atoms with Gasteiger partial charge in [-0.3, -0.25) is 9.48 Å². The van der Waals surface area contributed by atoms with Crippen molar-refractivity contribution in [3.8, 4) is 0 Å². The number of amides is 1. The minimum absolute atomic E-state index is 0.0634. The van der Waals surface area contributed by atoms with Gasteiger partial charge in [0, 0.05) is 25.7 Å². The molecule has 6 nitrogen and oxygen atoms in total. The van der Waals surface area contributed by atoms with Crippen LogP contribution in [0.3, 0.4) is 0 Å². The smallest absolute Gasteiger partial charge is 0.266 e. The molecule has 1 aromatic heterocycles. The molecule has 1 heterocycles. The van der Waals surface area contributed by atoms with Gasteiger partial charge in [0.2, 0.25) is 5.91 Å². The largest absolute Gasteiger partial charge is 0.276 e. The second kappa shape index (κ2) is 6.05. The van der Waals surface area contributed by atoms with E-state index in [9.17, 15) is 13.2 Å². The minimum atomic E-state index is -3.81. The van der Waals surface area contributed by atoms with E-state index in [4.69, 9.17) is 0 Å². The van der Waals surface area contributed by atoms with Gasteiger partial charge in [0.25, 0.3) is 10.0 Å². The van der Waals surface area contributed by atoms with E-state index >= 15 is 0 Å². The summed E-state index contributed by atoms with van der Waals surface area (Å²) < 4.78 is 28.3. The van der Waals surface area contributed by atoms with Crippen LogP contribution in [-0.4, -0.2) is 35.0 Å². The molecule has 0 unspecified atom stereocenters. The van der Waals surface area contributed by atoms with Crippen molar-refractivity contribution < 1.29 is 13.2 Å². The van der Waals surface area contributed by atoms with Crippen LogP contribution in [-0.2, 0) is 21.9 Å². The highest BCUT2D eigenvalue weighted by Gasteiger charge is 2.48. The Kier molecular flexibility index (Phi) is 4.21. The quantitative estimate of drug-likeness (QED) is 0.830. The van der Waals surface area contributed by atoms with E-state index in [0.717, 1.165) is 15.4 Å². The van der Waals surface area contributed by atoms with E-state index in [-0.39, 0.29) is 29.2 Å². The van der Waals surface area contributed by atoms with Crippen molar-refractivity contribution >= 4 is 15.9 Å². The van der Waals surface area contributed by atoms with Crippen molar-refractivity contribution in [1.82, 2.24) is 14.1 Å². The van der Waals surface area contributed by atoms with Gasteiger partial charge in [-0.2, -0.15) is 5.10 Å². The summed E-state index contributed by atoms with van der Waals surface area (Å²) in [5, 5.41) is 4.11. The van der Waals surface area contributed by atoms with Gasteiger partial charge >= 0.3 is 0 Å². The molecule has 1 aliphatic carbocycles. The number of rotatable bonds is 5. The second-order valence-corrected chi connectivity index (χ2v) is 8.08. The molecule has 128 valence electrons. The summed E-state index contributed by atoms with van der Waals surface area (Å²) in [6.07, 6.45) is 4.29. The lowest BCUT2D eigenvalue weighted by molar-refractivity contribution is -0.127. The Morgan fingerprint density at radius 1 is 1.33 bits per heavy atom. The number of carbonyl (C=O) groups is 1. The van der Waals surface area contributed by atoms with Crippen LogP contribution in [0.15, 0.2) is 41.6 Å². The third-order valence-corrected chi connectivity index (χ3v) is 6.29. The number of carbonyl (C=O) groups excluding carboxylic acids is 1. The Hall–Kier alpha value is -2.15. The molecule has 1 fully saturated rings. The molecule has 0 bridgehead atoms. The Morgan fingerprint density at radius 2 is 2.00 bits per heavy atom. The van der Waals surface area contributed by atoms with Crippen LogP contribution < -0.4 is 0 Å². The fourth-order valence-electron chi connectivity index (χ4n) is 2.93. The Labute approximate surface area is 142 Å². The molecular formula is C17H21N3O3S. The van der Waals surface area contributed by atoms with Gasteiger partial charge in [-0.1, -0.05) is 17.7 Å². The zero-order valence-corrected chi connectivity index (χ0v) is 14.8. The molecule has 1 aromatic carbocycles. The molecule has 0 spiro atoms. The Bertz CT molecular complexity index is 855. The Morgan fingerprint density at radius 3 is 2.54 bits per heavy atom. The van der Waals surface area contributed by atoms with Gasteiger partial charge in [-0.15, -0.1) is 0 Å². The summed E-state index contributed by atoms with van der Waals surface area (Å²) in [6.45, 7) is 3.71. The number of nitrogens with zero attached hydrogens (tertiary/aromatic N) is 3. The zero-order chi connectivity index (χ0) is 17.5. The van der Waals surface area contributed by atoms with Crippen LogP contribution in [0.25, 0.3) is 0 Å². The first-order chi connectivity index (χ1) is 11.3. The molecule has 0 N–H and O–H groups in total. The molecule has 1 amide bonds. The fraction of sp³-hybridized carbons (Fsp3) is 0.412. The van der Waals surface area contributed by atoms with Crippen molar-refractivity contribution in [2.24, 2.45) is 13.0 Å². The summed E-state index contributed by atoms with van der Waals surface area (Å²) in [6, 6.07) is 6.57. The number of aryl methyl sites for hydroxylation is 2. The number of sulfonamides is 1. The molecule has 7 heteroatoms. The van der Waals surface area contributed by atoms with Crippen LogP contribution in [0.2, 0.25) is 0 Å². The zero-order valence-electron chi connectivity index (χ0n) is 14.0. The first kappa shape index (κ1) is 16.7. The maximum Gasteiger partial charge on any atom is 0.266 e. The summed E-state index contributed by atoms with van der Waals surface area (Å²) in [7, 11) is -1.99. The first-order valence-electron chi connectivity index (χ1n) is 7.96. The van der Waals surface area contributed by atoms with Gasteiger partial charge in [0.05, 0.1) is 11.1 Å². The van der Waals surface area contributed by atoms with Crippen molar-refractivity contribution in [3.63, 3.8) is 0 Å². The summed E-state index contributed by atoms with van der Waals surface area (Å²) >= 11 is 0. The minimum Gasteiger partial charge on any atom is -0.276 e. The summed E-state index contributed by atoms with van der Waals surface area (Å²) in [4.78, 5) is 12.9. The molecule has 2 atom stereocenters. The third kappa shape index (κ3) is 2.96. The van der Waals surface area contributed by atoms with Crippen LogP contribution >= 0.6 is 0 Å². The van der Waals surface area contributed by atoms with Crippen LogP contribution in [0.4, 0.5) is 0 Å². The highest BCUT2D eigenvalue weighted by molar-refractivity contribution is 7.89. The molecule has 0 aliphatic heterocycles. The average Bonchev–Trinajstić information content (AvgIpc) is 3.22. The van der Waals surface area contributed by atoms with Crippen molar-refractivity contribution in [3.05, 3.63) is 47.8 Å². The average molecular weight is 347 g/mol. The topological polar surface area (TPSA) is 72.3 Å². The van der Waals surface area contributed by atoms with E-state index in [1.54, 1.807) is 42.1 Å². The van der Waals surface area contributed by atoms with E-state index in [1.165, 1.54) is 0 Å². The van der Waals surface area contributed by atoms with Crippen LogP contribution in [0, 0.1) is 12.8 Å². The van der Waals surface area contributed by atoms with Gasteiger partial charge in [0.1, 0.15) is 0 Å². The van der Waals surface area contributed by atoms with E-state index in [1.807, 2.05) is 20.2 Å². The SMILES string of the molecule is CCN(C(=O)[C@@H]1C[C@H]1c1cnn(C)c1)S(=O)(=O)c1ccc(C)cc1. The standard InChI is InChI=1S/C17H21N3O3S/c1-4-20(24(22,23)14-7-5-12(2)6-8-14)17(21)16-9-15(16)13-10-18-19(3)11-13/h5-8,10-11,15-16H,4,9H2,1-3H3/t15-,16+/m0/s1. The normalized spacial score (nSPS) is 20.0. The van der Waals surface area contributed by atoms with Crippen molar-refractivity contribution in [1.29, 1.82) is 0 Å². The summed E-state index contributed by atoms with van der Waals surface area (Å²) in [5.74, 6) is -0.547. The molecule has 1 saturated carbocycles. The van der Waals surface area contributed by atoms with Crippen LogP contribution in [0.1, 0.15) is 30.4 Å².